The lowest BCUT2D eigenvalue weighted by Gasteiger charge is -2.25. The largest absolute Gasteiger partial charge is 0.842 e. The van der Waals surface area contributed by atoms with E-state index < -0.39 is 29.6 Å². The summed E-state index contributed by atoms with van der Waals surface area (Å²) >= 11 is 5.96. The molecule has 182 valence electrons. The number of pyridine rings is 2. The van der Waals surface area contributed by atoms with Gasteiger partial charge in [-0.15, -0.1) is 13.2 Å². The highest BCUT2D eigenvalue weighted by Crippen LogP contribution is 2.31. The van der Waals surface area contributed by atoms with E-state index in [2.05, 4.69) is 9.72 Å². The standard InChI is InChI=1S/C25H21ClF3N3O3/c1-15(2)12-19(17-9-10-20(26)30-14-17)32-21-8-3-4-11-31(21)23(33)22(24(32)34)16-6-5-7-18(13-16)35-25(27,28)29/h3-11,13-15,19H,12H2,1-2H3. The first-order chi connectivity index (χ1) is 16.5. The van der Waals surface area contributed by atoms with Crippen LogP contribution in [-0.4, -0.2) is 15.7 Å². The number of hydrogen-bond donors (Lipinski definition) is 0. The Bertz CT molecular complexity index is 1420. The Balaban J connectivity index is 2.01. The summed E-state index contributed by atoms with van der Waals surface area (Å²) in [4.78, 5) is 17.5. The van der Waals surface area contributed by atoms with E-state index in [9.17, 15) is 23.1 Å². The molecule has 6 nitrogen and oxygen atoms in total. The predicted octanol–water partition coefficient (Wildman–Crippen LogP) is 4.91. The summed E-state index contributed by atoms with van der Waals surface area (Å²) in [5.74, 6) is -1.00. The van der Waals surface area contributed by atoms with Crippen LogP contribution in [0.1, 0.15) is 31.9 Å². The summed E-state index contributed by atoms with van der Waals surface area (Å²) in [6.45, 7) is 4.00. The molecule has 0 bridgehead atoms. The maximum absolute atomic E-state index is 13.9. The first kappa shape index (κ1) is 24.5. The van der Waals surface area contributed by atoms with Crippen molar-refractivity contribution >= 4 is 17.2 Å². The molecule has 0 amide bonds. The monoisotopic (exact) mass is 503 g/mol. The molecule has 3 heterocycles. The third-order valence-electron chi connectivity index (χ3n) is 5.45. The summed E-state index contributed by atoms with van der Waals surface area (Å²) in [6.07, 6.45) is -1.30. The molecule has 1 unspecified atom stereocenters. The molecule has 4 aromatic rings. The van der Waals surface area contributed by atoms with Crippen molar-refractivity contribution in [2.75, 3.05) is 0 Å². The highest BCUT2D eigenvalue weighted by atomic mass is 35.5. The van der Waals surface area contributed by atoms with Crippen LogP contribution in [0.4, 0.5) is 13.2 Å². The van der Waals surface area contributed by atoms with Gasteiger partial charge < -0.3 is 9.84 Å². The van der Waals surface area contributed by atoms with Gasteiger partial charge in [0.15, 0.2) is 0 Å². The Morgan fingerprint density at radius 2 is 1.91 bits per heavy atom. The van der Waals surface area contributed by atoms with E-state index in [1.54, 1.807) is 36.5 Å². The van der Waals surface area contributed by atoms with Crippen LogP contribution >= 0.6 is 11.6 Å². The quantitative estimate of drug-likeness (QED) is 0.277. The van der Waals surface area contributed by atoms with Crippen LogP contribution in [-0.2, 0) is 0 Å². The maximum atomic E-state index is 13.9. The van der Waals surface area contributed by atoms with Crippen molar-refractivity contribution in [1.82, 2.24) is 9.38 Å². The summed E-state index contributed by atoms with van der Waals surface area (Å²) < 4.78 is 45.1. The van der Waals surface area contributed by atoms with Crippen LogP contribution in [0.25, 0.3) is 16.8 Å². The molecule has 1 aromatic carbocycles. The smallest absolute Gasteiger partial charge is 0.573 e. The van der Waals surface area contributed by atoms with Gasteiger partial charge in [0.25, 0.3) is 5.65 Å². The molecule has 0 N–H and O–H groups in total. The molecule has 0 aliphatic rings. The van der Waals surface area contributed by atoms with E-state index in [-0.39, 0.29) is 17.0 Å². The maximum Gasteiger partial charge on any atom is 0.573 e. The first-order valence-electron chi connectivity index (χ1n) is 10.8. The lowest BCUT2D eigenvalue weighted by molar-refractivity contribution is -0.731. The number of rotatable bonds is 6. The second-order valence-corrected chi connectivity index (χ2v) is 8.81. The zero-order valence-electron chi connectivity index (χ0n) is 18.8. The fraction of sp³-hybridized carbons (Fsp3) is 0.240. The number of alkyl halides is 3. The third kappa shape index (κ3) is 5.24. The van der Waals surface area contributed by atoms with Crippen molar-refractivity contribution in [1.29, 1.82) is 0 Å². The molecular formula is C25H21ClF3N3O3. The summed E-state index contributed by atoms with van der Waals surface area (Å²) in [6, 6.07) is 12.7. The van der Waals surface area contributed by atoms with Gasteiger partial charge in [0.2, 0.25) is 0 Å². The predicted molar refractivity (Wildman–Crippen MR) is 122 cm³/mol. The highest BCUT2D eigenvalue weighted by Gasteiger charge is 2.32. The zero-order valence-corrected chi connectivity index (χ0v) is 19.5. The Kier molecular flexibility index (Phi) is 6.71. The molecule has 0 saturated heterocycles. The lowest BCUT2D eigenvalue weighted by atomic mass is 9.97. The second kappa shape index (κ2) is 9.58. The zero-order chi connectivity index (χ0) is 25.3. The molecule has 1 atom stereocenters. The van der Waals surface area contributed by atoms with E-state index >= 15 is 0 Å². The Hall–Kier alpha value is -3.59. The van der Waals surface area contributed by atoms with E-state index in [0.29, 0.717) is 22.8 Å². The molecule has 0 fully saturated rings. The summed E-state index contributed by atoms with van der Waals surface area (Å²) in [5, 5.41) is 14.2. The molecular weight excluding hydrogens is 483 g/mol. The average molecular weight is 504 g/mol. The number of halogens is 4. The number of ether oxygens (including phenoxy) is 1. The lowest BCUT2D eigenvalue weighted by Crippen LogP contribution is -2.48. The summed E-state index contributed by atoms with van der Waals surface area (Å²) in [5.41, 5.74) is 0.149. The second-order valence-electron chi connectivity index (χ2n) is 8.42. The van der Waals surface area contributed by atoms with Gasteiger partial charge in [0.1, 0.15) is 22.5 Å². The third-order valence-corrected chi connectivity index (χ3v) is 5.67. The Morgan fingerprint density at radius 1 is 1.14 bits per heavy atom. The van der Waals surface area contributed by atoms with E-state index in [4.69, 9.17) is 11.6 Å². The van der Waals surface area contributed by atoms with Crippen molar-refractivity contribution in [2.24, 2.45) is 5.92 Å². The minimum absolute atomic E-state index is 0.0197. The molecule has 10 heteroatoms. The molecule has 4 rings (SSSR count). The first-order valence-corrected chi connectivity index (χ1v) is 11.2. The number of fused-ring (bicyclic) bond motifs is 1. The van der Waals surface area contributed by atoms with Crippen molar-refractivity contribution in [2.45, 2.75) is 32.7 Å². The number of aromatic nitrogens is 3. The van der Waals surface area contributed by atoms with Crippen LogP contribution in [0.2, 0.25) is 5.15 Å². The molecule has 3 aromatic heterocycles. The van der Waals surface area contributed by atoms with Crippen molar-refractivity contribution in [3.8, 4) is 22.8 Å². The van der Waals surface area contributed by atoms with Gasteiger partial charge in [0.05, 0.1) is 12.1 Å². The minimum atomic E-state index is -4.92. The van der Waals surface area contributed by atoms with Gasteiger partial charge in [-0.25, -0.2) is 14.3 Å². The molecule has 35 heavy (non-hydrogen) atoms. The SMILES string of the molecule is CC(C)CC(c1ccc(Cl)nc1)[n+]1c([O-])c(-c2cccc(OC(F)(F)F)c2)c(=O)n2ccccc21. The van der Waals surface area contributed by atoms with Crippen LogP contribution in [0.3, 0.4) is 0 Å². The van der Waals surface area contributed by atoms with E-state index in [0.717, 1.165) is 12.1 Å². The average Bonchev–Trinajstić information content (AvgIpc) is 2.78. The van der Waals surface area contributed by atoms with Crippen molar-refractivity contribution < 1.29 is 27.6 Å². The van der Waals surface area contributed by atoms with Crippen molar-refractivity contribution in [3.05, 3.63) is 88.1 Å². The minimum Gasteiger partial charge on any atom is -0.842 e. The van der Waals surface area contributed by atoms with E-state index in [1.807, 2.05) is 13.8 Å². The van der Waals surface area contributed by atoms with Gasteiger partial charge >= 0.3 is 11.9 Å². The Labute approximate surface area is 203 Å². The van der Waals surface area contributed by atoms with Crippen molar-refractivity contribution in [3.63, 3.8) is 0 Å². The van der Waals surface area contributed by atoms with Gasteiger partial charge in [0, 0.05) is 17.8 Å². The summed E-state index contributed by atoms with van der Waals surface area (Å²) in [7, 11) is 0. The fourth-order valence-electron chi connectivity index (χ4n) is 4.06. The molecule has 0 aliphatic heterocycles. The van der Waals surface area contributed by atoms with Crippen LogP contribution in [0, 0.1) is 5.92 Å². The molecule has 0 spiro atoms. The fourth-order valence-corrected chi connectivity index (χ4v) is 4.17. The van der Waals surface area contributed by atoms with Crippen LogP contribution < -0.4 is 20.0 Å². The van der Waals surface area contributed by atoms with Crippen LogP contribution in [0.5, 0.6) is 11.6 Å². The molecule has 0 saturated carbocycles. The van der Waals surface area contributed by atoms with Gasteiger partial charge in [-0.05, 0) is 42.2 Å². The van der Waals surface area contributed by atoms with Gasteiger partial charge in [-0.2, -0.15) is 4.40 Å². The topological polar surface area (TPSA) is 70.5 Å². The Morgan fingerprint density at radius 3 is 2.57 bits per heavy atom. The van der Waals surface area contributed by atoms with Crippen LogP contribution in [0.15, 0.2) is 71.8 Å². The number of nitrogens with zero attached hydrogens (tertiary/aromatic N) is 3. The van der Waals surface area contributed by atoms with Gasteiger partial charge in [-0.3, -0.25) is 0 Å². The highest BCUT2D eigenvalue weighted by molar-refractivity contribution is 6.29. The van der Waals surface area contributed by atoms with E-state index in [1.165, 1.54) is 27.3 Å². The molecule has 0 aliphatic carbocycles. The van der Waals surface area contributed by atoms with Gasteiger partial charge in [-0.1, -0.05) is 49.7 Å². The molecule has 0 radical (unpaired) electrons. The number of benzene rings is 1. The normalized spacial score (nSPS) is 12.8. The number of hydrogen-bond acceptors (Lipinski definition) is 4.